The summed E-state index contributed by atoms with van der Waals surface area (Å²) in [6.45, 7) is 5.41. The van der Waals surface area contributed by atoms with Crippen molar-refractivity contribution in [2.75, 3.05) is 25.5 Å². The summed E-state index contributed by atoms with van der Waals surface area (Å²) in [4.78, 5) is 34.5. The molecule has 182 valence electrons. The van der Waals surface area contributed by atoms with E-state index in [4.69, 9.17) is 0 Å². The first-order valence-electron chi connectivity index (χ1n) is 12.3. The second-order valence-electron chi connectivity index (χ2n) is 9.49. The monoisotopic (exact) mass is 470 g/mol. The summed E-state index contributed by atoms with van der Waals surface area (Å²) in [5.41, 5.74) is 3.90. The summed E-state index contributed by atoms with van der Waals surface area (Å²) in [5, 5.41) is 2.99. The van der Waals surface area contributed by atoms with Crippen molar-refractivity contribution in [3.63, 3.8) is 0 Å². The number of hydrogen-bond acceptors (Lipinski definition) is 3. The highest BCUT2D eigenvalue weighted by Gasteiger charge is 2.33. The fraction of sp³-hybridized carbons (Fsp3) is 0.345. The Balaban J connectivity index is 1.38. The van der Waals surface area contributed by atoms with Gasteiger partial charge in [-0.05, 0) is 54.2 Å². The standard InChI is InChI=1S/C29H34N4O2/c1-21(2)22-12-14-25(15-13-22)31-29(35)33-19-16-24(17-20-33)28(34)32(3)27(23-9-5-4-6-10-23)26-11-7-8-18-30-26/h4-15,18,21,24,27H,16-17,19-20H2,1-3H3,(H,31,35). The molecule has 3 aromatic rings. The lowest BCUT2D eigenvalue weighted by molar-refractivity contribution is -0.137. The van der Waals surface area contributed by atoms with Crippen LogP contribution in [-0.2, 0) is 4.79 Å². The van der Waals surface area contributed by atoms with Crippen molar-refractivity contribution in [2.45, 2.75) is 38.6 Å². The zero-order valence-corrected chi connectivity index (χ0v) is 20.7. The van der Waals surface area contributed by atoms with Gasteiger partial charge in [0.2, 0.25) is 5.91 Å². The normalized spacial score (nSPS) is 15.0. The van der Waals surface area contributed by atoms with Crippen LogP contribution < -0.4 is 5.32 Å². The van der Waals surface area contributed by atoms with Crippen LogP contribution in [0.5, 0.6) is 0 Å². The lowest BCUT2D eigenvalue weighted by atomic mass is 9.93. The molecule has 0 spiro atoms. The van der Waals surface area contributed by atoms with Gasteiger partial charge in [-0.15, -0.1) is 0 Å². The zero-order chi connectivity index (χ0) is 24.8. The molecule has 1 saturated heterocycles. The second-order valence-corrected chi connectivity index (χ2v) is 9.49. The summed E-state index contributed by atoms with van der Waals surface area (Å²) in [5.74, 6) is 0.423. The Morgan fingerprint density at radius 1 is 0.914 bits per heavy atom. The molecule has 2 heterocycles. The van der Waals surface area contributed by atoms with Gasteiger partial charge in [0.05, 0.1) is 11.7 Å². The number of anilines is 1. The smallest absolute Gasteiger partial charge is 0.321 e. The Bertz CT molecular complexity index is 1070. The third-order valence-corrected chi connectivity index (χ3v) is 6.78. The van der Waals surface area contributed by atoms with E-state index >= 15 is 0 Å². The quantitative estimate of drug-likeness (QED) is 0.503. The number of carbonyl (C=O) groups excluding carboxylic acids is 2. The van der Waals surface area contributed by atoms with Crippen molar-refractivity contribution < 1.29 is 9.59 Å². The van der Waals surface area contributed by atoms with E-state index in [1.165, 1.54) is 5.56 Å². The van der Waals surface area contributed by atoms with Crippen LogP contribution in [0.1, 0.15) is 55.5 Å². The topological polar surface area (TPSA) is 65.5 Å². The average Bonchev–Trinajstić information content (AvgIpc) is 2.90. The Hall–Kier alpha value is -3.67. The lowest BCUT2D eigenvalue weighted by Gasteiger charge is -2.36. The molecule has 0 bridgehead atoms. The first-order chi connectivity index (χ1) is 16.9. The molecule has 1 unspecified atom stereocenters. The molecular weight excluding hydrogens is 436 g/mol. The molecule has 1 fully saturated rings. The van der Waals surface area contributed by atoms with E-state index in [-0.39, 0.29) is 23.9 Å². The van der Waals surface area contributed by atoms with Crippen molar-refractivity contribution >= 4 is 17.6 Å². The fourth-order valence-electron chi connectivity index (χ4n) is 4.66. The Morgan fingerprint density at radius 3 is 2.17 bits per heavy atom. The van der Waals surface area contributed by atoms with E-state index in [0.717, 1.165) is 16.9 Å². The van der Waals surface area contributed by atoms with Crippen LogP contribution in [0, 0.1) is 5.92 Å². The van der Waals surface area contributed by atoms with E-state index < -0.39 is 0 Å². The van der Waals surface area contributed by atoms with E-state index in [0.29, 0.717) is 31.8 Å². The number of likely N-dealkylation sites (tertiary alicyclic amines) is 1. The highest BCUT2D eigenvalue weighted by Crippen LogP contribution is 2.30. The molecule has 1 aliphatic heterocycles. The third-order valence-electron chi connectivity index (χ3n) is 6.78. The number of hydrogen-bond donors (Lipinski definition) is 1. The minimum Gasteiger partial charge on any atom is -0.333 e. The molecule has 35 heavy (non-hydrogen) atoms. The number of nitrogens with zero attached hydrogens (tertiary/aromatic N) is 3. The van der Waals surface area contributed by atoms with Crippen molar-refractivity contribution in [1.29, 1.82) is 0 Å². The van der Waals surface area contributed by atoms with E-state index in [1.807, 2.05) is 84.7 Å². The van der Waals surface area contributed by atoms with Crippen LogP contribution >= 0.6 is 0 Å². The van der Waals surface area contributed by atoms with Crippen molar-refractivity contribution in [3.8, 4) is 0 Å². The molecule has 0 saturated carbocycles. The first-order valence-corrected chi connectivity index (χ1v) is 12.3. The van der Waals surface area contributed by atoms with Gasteiger partial charge in [-0.1, -0.05) is 62.4 Å². The molecule has 1 aliphatic rings. The number of aromatic nitrogens is 1. The van der Waals surface area contributed by atoms with Gasteiger partial charge >= 0.3 is 6.03 Å². The van der Waals surface area contributed by atoms with Gasteiger partial charge < -0.3 is 15.1 Å². The van der Waals surface area contributed by atoms with Crippen LogP contribution in [0.3, 0.4) is 0 Å². The van der Waals surface area contributed by atoms with Crippen LogP contribution in [0.2, 0.25) is 0 Å². The lowest BCUT2D eigenvalue weighted by Crippen LogP contribution is -2.45. The highest BCUT2D eigenvalue weighted by molar-refractivity contribution is 5.89. The predicted molar refractivity (Wildman–Crippen MR) is 139 cm³/mol. The van der Waals surface area contributed by atoms with Crippen molar-refractivity contribution in [1.82, 2.24) is 14.8 Å². The van der Waals surface area contributed by atoms with E-state index in [9.17, 15) is 9.59 Å². The van der Waals surface area contributed by atoms with Crippen LogP contribution in [0.25, 0.3) is 0 Å². The molecule has 3 amide bonds. The first kappa shape index (κ1) is 24.5. The predicted octanol–water partition coefficient (Wildman–Crippen LogP) is 5.70. The average molecular weight is 471 g/mol. The summed E-state index contributed by atoms with van der Waals surface area (Å²) in [7, 11) is 1.86. The number of pyridine rings is 1. The Kier molecular flexibility index (Phi) is 7.80. The maximum Gasteiger partial charge on any atom is 0.321 e. The number of piperidine rings is 1. The largest absolute Gasteiger partial charge is 0.333 e. The number of rotatable bonds is 6. The molecule has 1 aromatic heterocycles. The van der Waals surface area contributed by atoms with Crippen molar-refractivity contribution in [2.24, 2.45) is 5.92 Å². The zero-order valence-electron chi connectivity index (χ0n) is 20.7. The summed E-state index contributed by atoms with van der Waals surface area (Å²) in [6.07, 6.45) is 3.05. The highest BCUT2D eigenvalue weighted by atomic mass is 16.2. The van der Waals surface area contributed by atoms with Crippen molar-refractivity contribution in [3.05, 3.63) is 95.8 Å². The third kappa shape index (κ3) is 5.88. The molecular formula is C29H34N4O2. The van der Waals surface area contributed by atoms with Gasteiger partial charge in [-0.2, -0.15) is 0 Å². The Morgan fingerprint density at radius 2 is 1.57 bits per heavy atom. The van der Waals surface area contributed by atoms with E-state index in [1.54, 1.807) is 11.1 Å². The van der Waals surface area contributed by atoms with Gasteiger partial charge in [0.1, 0.15) is 0 Å². The number of nitrogens with one attached hydrogen (secondary N) is 1. The Labute approximate surface area is 208 Å². The molecule has 0 radical (unpaired) electrons. The summed E-state index contributed by atoms with van der Waals surface area (Å²) < 4.78 is 0. The molecule has 1 N–H and O–H groups in total. The number of urea groups is 1. The summed E-state index contributed by atoms with van der Waals surface area (Å²) >= 11 is 0. The van der Waals surface area contributed by atoms with Crippen LogP contribution in [0.4, 0.5) is 10.5 Å². The molecule has 4 rings (SSSR count). The van der Waals surface area contributed by atoms with Crippen LogP contribution in [0.15, 0.2) is 79.0 Å². The number of carbonyl (C=O) groups is 2. The minimum atomic E-state index is -0.250. The SMILES string of the molecule is CC(C)c1ccc(NC(=O)N2CCC(C(=O)N(C)C(c3ccccc3)c3ccccn3)CC2)cc1. The van der Waals surface area contributed by atoms with Crippen LogP contribution in [-0.4, -0.2) is 46.9 Å². The number of benzene rings is 2. The number of amides is 3. The molecule has 0 aliphatic carbocycles. The summed E-state index contributed by atoms with van der Waals surface area (Å²) in [6, 6.07) is 23.4. The van der Waals surface area contributed by atoms with Gasteiger partial charge in [-0.25, -0.2) is 4.79 Å². The maximum absolute atomic E-state index is 13.5. The van der Waals surface area contributed by atoms with Gasteiger partial charge in [-0.3, -0.25) is 9.78 Å². The molecule has 6 nitrogen and oxygen atoms in total. The van der Waals surface area contributed by atoms with Gasteiger partial charge in [0.15, 0.2) is 0 Å². The van der Waals surface area contributed by atoms with Gasteiger partial charge in [0, 0.05) is 37.9 Å². The van der Waals surface area contributed by atoms with E-state index in [2.05, 4.69) is 24.1 Å². The second kappa shape index (κ2) is 11.2. The maximum atomic E-state index is 13.5. The molecule has 6 heteroatoms. The molecule has 2 aromatic carbocycles. The fourth-order valence-corrected chi connectivity index (χ4v) is 4.66. The van der Waals surface area contributed by atoms with Gasteiger partial charge in [0.25, 0.3) is 0 Å². The molecule has 1 atom stereocenters. The minimum absolute atomic E-state index is 0.0915.